The molecule has 0 aliphatic heterocycles. The molecule has 0 aromatic carbocycles. The molecule has 0 spiro atoms. The third-order valence-corrected chi connectivity index (χ3v) is 9.23. The highest BCUT2D eigenvalue weighted by Gasteiger charge is 2.38. The van der Waals surface area contributed by atoms with Crippen LogP contribution in [-0.4, -0.2) is 36.2 Å². The smallest absolute Gasteiger partial charge is 0.303 e. The van der Waals surface area contributed by atoms with Crippen molar-refractivity contribution in [3.63, 3.8) is 0 Å². The first kappa shape index (κ1) is 40.2. The van der Waals surface area contributed by atoms with E-state index in [9.17, 15) is 24.0 Å². The van der Waals surface area contributed by atoms with Gasteiger partial charge >= 0.3 is 17.9 Å². The molecule has 0 bridgehead atoms. The van der Waals surface area contributed by atoms with Gasteiger partial charge in [-0.2, -0.15) is 0 Å². The van der Waals surface area contributed by atoms with Gasteiger partial charge < -0.3 is 23.0 Å². The van der Waals surface area contributed by atoms with Crippen molar-refractivity contribution in [1.29, 1.82) is 0 Å². The molecule has 0 aliphatic rings. The first-order valence-electron chi connectivity index (χ1n) is 16.8. The molecule has 7 atom stereocenters. The Morgan fingerprint density at radius 3 is 1.62 bits per heavy atom. The summed E-state index contributed by atoms with van der Waals surface area (Å²) in [6.07, 6.45) is 0.767. The second-order valence-corrected chi connectivity index (χ2v) is 13.0. The van der Waals surface area contributed by atoms with E-state index >= 15 is 0 Å². The third-order valence-electron chi connectivity index (χ3n) is 9.23. The number of carbonyl (C=O) groups is 3. The SMILES string of the molecule is CCc1oc([C@H](C)[C@H](OC(C)=O)[C@@H](C)[C@H](OC(C)=O)C(C)=C[C@@H](C)c2oc([C@@H](C)[C@H](CC)OC(C)=O)c(C)c(=O)c2C)c(C)c(=O)c1C. The van der Waals surface area contributed by atoms with Crippen molar-refractivity contribution in [2.75, 3.05) is 0 Å². The molecule has 0 aliphatic carbocycles. The van der Waals surface area contributed by atoms with Crippen LogP contribution in [0.3, 0.4) is 0 Å². The van der Waals surface area contributed by atoms with Gasteiger partial charge in [0.05, 0.1) is 11.8 Å². The average molecular weight is 671 g/mol. The number of hydrogen-bond donors (Lipinski definition) is 0. The standard InChI is InChI=1S/C38H54O10/c1-15-30-20(5)32(42)23(8)37(47-30)26(11)38(46-29(14)41)25(10)35(45-28(13)40)19(4)17-18(3)34-22(7)33(43)24(9)36(48-34)21(6)31(16-2)44-27(12)39/h17-18,21,25-26,31,35,38H,15-16H2,1-14H3/t18-,21+,25+,26+,31+,35-,38-/m1/s1. The molecule has 10 nitrogen and oxygen atoms in total. The molecule has 0 N–H and O–H groups in total. The summed E-state index contributed by atoms with van der Waals surface area (Å²) in [5.41, 5.74) is 2.23. The van der Waals surface area contributed by atoms with Gasteiger partial charge in [0.1, 0.15) is 41.4 Å². The Balaban J connectivity index is 2.66. The van der Waals surface area contributed by atoms with E-state index in [1.54, 1.807) is 27.7 Å². The normalized spacial score (nSPS) is 16.2. The van der Waals surface area contributed by atoms with Crippen molar-refractivity contribution in [1.82, 2.24) is 0 Å². The van der Waals surface area contributed by atoms with Gasteiger partial charge in [0.25, 0.3) is 0 Å². The lowest BCUT2D eigenvalue weighted by Gasteiger charge is -2.34. The van der Waals surface area contributed by atoms with Crippen molar-refractivity contribution in [3.8, 4) is 0 Å². The number of aryl methyl sites for hydroxylation is 1. The van der Waals surface area contributed by atoms with Gasteiger partial charge in [0, 0.05) is 61.3 Å². The molecule has 48 heavy (non-hydrogen) atoms. The summed E-state index contributed by atoms with van der Waals surface area (Å²) in [5.74, 6) is -1.56. The zero-order valence-electron chi connectivity index (χ0n) is 31.1. The molecule has 266 valence electrons. The Bertz CT molecular complexity index is 1640. The van der Waals surface area contributed by atoms with Crippen molar-refractivity contribution < 1.29 is 37.4 Å². The summed E-state index contributed by atoms with van der Waals surface area (Å²) in [6, 6.07) is 0. The molecule has 2 aromatic heterocycles. The minimum Gasteiger partial charge on any atom is -0.465 e. The summed E-state index contributed by atoms with van der Waals surface area (Å²) in [4.78, 5) is 63.1. The largest absolute Gasteiger partial charge is 0.465 e. The predicted molar refractivity (Wildman–Crippen MR) is 183 cm³/mol. The Labute approximate surface area is 284 Å². The van der Waals surface area contributed by atoms with Crippen LogP contribution in [0, 0.1) is 33.6 Å². The minimum absolute atomic E-state index is 0.127. The molecule has 2 aromatic rings. The molecule has 0 saturated carbocycles. The number of hydrogen-bond acceptors (Lipinski definition) is 10. The van der Waals surface area contributed by atoms with Crippen LogP contribution >= 0.6 is 0 Å². The van der Waals surface area contributed by atoms with Gasteiger partial charge in [0.15, 0.2) is 10.9 Å². The second kappa shape index (κ2) is 16.9. The number of carbonyl (C=O) groups excluding carboxylic acids is 3. The quantitative estimate of drug-likeness (QED) is 0.115. The molecule has 0 radical (unpaired) electrons. The highest BCUT2D eigenvalue weighted by Crippen LogP contribution is 2.36. The lowest BCUT2D eigenvalue weighted by Crippen LogP contribution is -2.40. The minimum atomic E-state index is -0.843. The van der Waals surface area contributed by atoms with Crippen molar-refractivity contribution in [3.05, 3.63) is 77.4 Å². The van der Waals surface area contributed by atoms with Gasteiger partial charge in [0.2, 0.25) is 0 Å². The van der Waals surface area contributed by atoms with Crippen molar-refractivity contribution in [2.45, 2.75) is 146 Å². The highest BCUT2D eigenvalue weighted by molar-refractivity contribution is 5.67. The van der Waals surface area contributed by atoms with Crippen molar-refractivity contribution in [2.24, 2.45) is 5.92 Å². The van der Waals surface area contributed by atoms with Gasteiger partial charge in [-0.3, -0.25) is 24.0 Å². The summed E-state index contributed by atoms with van der Waals surface area (Å²) in [7, 11) is 0. The molecular formula is C38H54O10. The lowest BCUT2D eigenvalue weighted by molar-refractivity contribution is -0.158. The average Bonchev–Trinajstić information content (AvgIpc) is 3.01. The summed E-state index contributed by atoms with van der Waals surface area (Å²) >= 11 is 0. The zero-order valence-corrected chi connectivity index (χ0v) is 31.1. The fraction of sp³-hybridized carbons (Fsp3) is 0.605. The Morgan fingerprint density at radius 2 is 1.15 bits per heavy atom. The fourth-order valence-corrected chi connectivity index (χ4v) is 6.68. The lowest BCUT2D eigenvalue weighted by atomic mass is 9.83. The van der Waals surface area contributed by atoms with Gasteiger partial charge in [-0.15, -0.1) is 0 Å². The highest BCUT2D eigenvalue weighted by atomic mass is 16.6. The molecule has 0 fully saturated rings. The van der Waals surface area contributed by atoms with Crippen LogP contribution < -0.4 is 10.9 Å². The van der Waals surface area contributed by atoms with Crippen LogP contribution in [0.2, 0.25) is 0 Å². The van der Waals surface area contributed by atoms with E-state index < -0.39 is 54.0 Å². The van der Waals surface area contributed by atoms with Crippen LogP contribution in [0.25, 0.3) is 0 Å². The Kier molecular flexibility index (Phi) is 14.2. The van der Waals surface area contributed by atoms with E-state index in [4.69, 9.17) is 23.0 Å². The zero-order chi connectivity index (χ0) is 36.8. The van der Waals surface area contributed by atoms with Crippen LogP contribution in [0.5, 0.6) is 0 Å². The van der Waals surface area contributed by atoms with Crippen LogP contribution in [0.15, 0.2) is 30.1 Å². The van der Waals surface area contributed by atoms with Gasteiger partial charge in [-0.25, -0.2) is 0 Å². The number of allylic oxidation sites excluding steroid dienone is 1. The van der Waals surface area contributed by atoms with Crippen LogP contribution in [0.1, 0.15) is 139 Å². The van der Waals surface area contributed by atoms with E-state index in [0.29, 0.717) is 63.7 Å². The predicted octanol–water partition coefficient (Wildman–Crippen LogP) is 7.19. The molecule has 2 rings (SSSR count). The maximum atomic E-state index is 13.4. The number of rotatable bonds is 14. The van der Waals surface area contributed by atoms with E-state index in [1.165, 1.54) is 20.8 Å². The summed E-state index contributed by atoms with van der Waals surface area (Å²) in [6.45, 7) is 23.8. The third kappa shape index (κ3) is 9.14. The molecule has 10 heteroatoms. The van der Waals surface area contributed by atoms with Crippen LogP contribution in [-0.2, 0) is 35.0 Å². The first-order chi connectivity index (χ1) is 22.3. The number of ether oxygens (including phenoxy) is 3. The van der Waals surface area contributed by atoms with Gasteiger partial charge in [-0.1, -0.05) is 47.6 Å². The monoisotopic (exact) mass is 670 g/mol. The maximum Gasteiger partial charge on any atom is 0.303 e. The van der Waals surface area contributed by atoms with Crippen molar-refractivity contribution >= 4 is 17.9 Å². The van der Waals surface area contributed by atoms with E-state index in [-0.39, 0.29) is 16.8 Å². The van der Waals surface area contributed by atoms with E-state index in [0.717, 1.165) is 0 Å². The van der Waals surface area contributed by atoms with Crippen LogP contribution in [0.4, 0.5) is 0 Å². The maximum absolute atomic E-state index is 13.4. The Hall–Kier alpha value is -3.95. The van der Waals surface area contributed by atoms with Gasteiger partial charge in [-0.05, 0) is 46.6 Å². The van der Waals surface area contributed by atoms with E-state index in [2.05, 4.69) is 0 Å². The summed E-state index contributed by atoms with van der Waals surface area (Å²) < 4.78 is 29.9. The molecular weight excluding hydrogens is 616 g/mol. The molecule has 2 heterocycles. The van der Waals surface area contributed by atoms with E-state index in [1.807, 2.05) is 54.5 Å². The molecule has 0 unspecified atom stereocenters. The molecule has 0 amide bonds. The first-order valence-corrected chi connectivity index (χ1v) is 16.8. The molecule has 0 saturated heterocycles. The fourth-order valence-electron chi connectivity index (χ4n) is 6.68. The Morgan fingerprint density at radius 1 is 0.667 bits per heavy atom. The topological polar surface area (TPSA) is 139 Å². The summed E-state index contributed by atoms with van der Waals surface area (Å²) in [5, 5.41) is 0. The second-order valence-electron chi connectivity index (χ2n) is 13.0. The number of esters is 3.